The second kappa shape index (κ2) is 7.10. The van der Waals surface area contributed by atoms with Crippen molar-refractivity contribution in [1.82, 2.24) is 4.90 Å². The van der Waals surface area contributed by atoms with Gasteiger partial charge in [-0.15, -0.1) is 0 Å². The molecule has 78 valence electrons. The van der Waals surface area contributed by atoms with Crippen LogP contribution in [0.2, 0.25) is 0 Å². The SMILES string of the molecule is C/C=C/CN(C)CCC(N)C(C)C. The van der Waals surface area contributed by atoms with Crippen molar-refractivity contribution >= 4 is 0 Å². The van der Waals surface area contributed by atoms with Gasteiger partial charge < -0.3 is 10.6 Å². The van der Waals surface area contributed by atoms with Gasteiger partial charge in [-0.1, -0.05) is 26.0 Å². The molecule has 2 heteroatoms. The third-order valence-corrected chi connectivity index (χ3v) is 2.35. The van der Waals surface area contributed by atoms with Crippen molar-refractivity contribution in [3.05, 3.63) is 12.2 Å². The Balaban J connectivity index is 3.51. The Morgan fingerprint density at radius 1 is 1.38 bits per heavy atom. The van der Waals surface area contributed by atoms with Gasteiger partial charge in [-0.3, -0.25) is 0 Å². The fraction of sp³-hybridized carbons (Fsp3) is 0.818. The van der Waals surface area contributed by atoms with E-state index in [1.54, 1.807) is 0 Å². The Morgan fingerprint density at radius 2 is 2.00 bits per heavy atom. The first kappa shape index (κ1) is 12.7. The van der Waals surface area contributed by atoms with E-state index >= 15 is 0 Å². The number of hydrogen-bond acceptors (Lipinski definition) is 2. The fourth-order valence-corrected chi connectivity index (χ4v) is 1.08. The van der Waals surface area contributed by atoms with E-state index in [9.17, 15) is 0 Å². The van der Waals surface area contributed by atoms with E-state index in [2.05, 4.69) is 37.9 Å². The van der Waals surface area contributed by atoms with E-state index in [1.807, 2.05) is 6.92 Å². The molecule has 0 aromatic heterocycles. The molecule has 0 aromatic rings. The molecule has 1 unspecified atom stereocenters. The summed E-state index contributed by atoms with van der Waals surface area (Å²) in [5.74, 6) is 0.593. The molecule has 2 N–H and O–H groups in total. The van der Waals surface area contributed by atoms with Crippen LogP contribution in [0.1, 0.15) is 27.2 Å². The standard InChI is InChI=1S/C11H24N2/c1-5-6-8-13(4)9-7-11(12)10(2)3/h5-6,10-11H,7-9,12H2,1-4H3/b6-5+. The van der Waals surface area contributed by atoms with E-state index in [0.717, 1.165) is 19.5 Å². The highest BCUT2D eigenvalue weighted by Gasteiger charge is 2.07. The van der Waals surface area contributed by atoms with Crippen molar-refractivity contribution in [2.75, 3.05) is 20.1 Å². The third kappa shape index (κ3) is 6.79. The van der Waals surface area contributed by atoms with Crippen LogP contribution in [0.15, 0.2) is 12.2 Å². The van der Waals surface area contributed by atoms with E-state index in [0.29, 0.717) is 12.0 Å². The van der Waals surface area contributed by atoms with Crippen molar-refractivity contribution in [2.24, 2.45) is 11.7 Å². The summed E-state index contributed by atoms with van der Waals surface area (Å²) in [4.78, 5) is 2.29. The molecule has 0 bridgehead atoms. The average molecular weight is 184 g/mol. The molecular formula is C11H24N2. The molecule has 0 rings (SSSR count). The zero-order chi connectivity index (χ0) is 10.3. The number of rotatable bonds is 6. The molecule has 0 heterocycles. The van der Waals surface area contributed by atoms with Gasteiger partial charge in [-0.2, -0.15) is 0 Å². The molecule has 2 nitrogen and oxygen atoms in total. The first-order valence-electron chi connectivity index (χ1n) is 5.13. The maximum atomic E-state index is 5.95. The zero-order valence-electron chi connectivity index (χ0n) is 9.46. The minimum absolute atomic E-state index is 0.341. The monoisotopic (exact) mass is 184 g/mol. The summed E-state index contributed by atoms with van der Waals surface area (Å²) in [7, 11) is 2.13. The number of nitrogens with two attached hydrogens (primary N) is 1. The zero-order valence-corrected chi connectivity index (χ0v) is 9.46. The normalized spacial score (nSPS) is 14.7. The van der Waals surface area contributed by atoms with Crippen molar-refractivity contribution in [1.29, 1.82) is 0 Å². The molecule has 0 aliphatic rings. The van der Waals surface area contributed by atoms with Gasteiger partial charge in [0.2, 0.25) is 0 Å². The minimum Gasteiger partial charge on any atom is -0.327 e. The second-order valence-electron chi connectivity index (χ2n) is 4.03. The summed E-state index contributed by atoms with van der Waals surface area (Å²) < 4.78 is 0. The smallest absolute Gasteiger partial charge is 0.0160 e. The molecule has 1 atom stereocenters. The van der Waals surface area contributed by atoms with Gasteiger partial charge >= 0.3 is 0 Å². The maximum absolute atomic E-state index is 5.95. The van der Waals surface area contributed by atoms with Crippen LogP contribution >= 0.6 is 0 Å². The molecule has 0 radical (unpaired) electrons. The molecule has 0 saturated heterocycles. The fourth-order valence-electron chi connectivity index (χ4n) is 1.08. The third-order valence-electron chi connectivity index (χ3n) is 2.35. The Bertz CT molecular complexity index is 141. The van der Waals surface area contributed by atoms with Crippen LogP contribution < -0.4 is 5.73 Å². The molecule has 0 fully saturated rings. The van der Waals surface area contributed by atoms with Crippen LogP contribution in [0.3, 0.4) is 0 Å². The molecule has 13 heavy (non-hydrogen) atoms. The first-order valence-corrected chi connectivity index (χ1v) is 5.13. The average Bonchev–Trinajstić information content (AvgIpc) is 2.10. The summed E-state index contributed by atoms with van der Waals surface area (Å²) >= 11 is 0. The predicted molar refractivity (Wildman–Crippen MR) is 59.7 cm³/mol. The minimum atomic E-state index is 0.341. The second-order valence-corrected chi connectivity index (χ2v) is 4.03. The summed E-state index contributed by atoms with van der Waals surface area (Å²) in [5, 5.41) is 0. The summed E-state index contributed by atoms with van der Waals surface area (Å²) in [6.07, 6.45) is 5.34. The van der Waals surface area contributed by atoms with Gasteiger partial charge in [0.15, 0.2) is 0 Å². The number of nitrogens with zero attached hydrogens (tertiary/aromatic N) is 1. The molecule has 0 spiro atoms. The lowest BCUT2D eigenvalue weighted by Gasteiger charge is -2.20. The summed E-state index contributed by atoms with van der Waals surface area (Å²) in [6, 6.07) is 0.341. The summed E-state index contributed by atoms with van der Waals surface area (Å²) in [6.45, 7) is 8.52. The lowest BCUT2D eigenvalue weighted by atomic mass is 10.0. The molecule has 0 aliphatic heterocycles. The Morgan fingerprint density at radius 3 is 2.46 bits per heavy atom. The van der Waals surface area contributed by atoms with E-state index in [4.69, 9.17) is 5.73 Å². The number of allylic oxidation sites excluding steroid dienone is 1. The summed E-state index contributed by atoms with van der Waals surface area (Å²) in [5.41, 5.74) is 5.95. The Kier molecular flexibility index (Phi) is 6.92. The van der Waals surface area contributed by atoms with Gasteiger partial charge in [0.25, 0.3) is 0 Å². The maximum Gasteiger partial charge on any atom is 0.0160 e. The van der Waals surface area contributed by atoms with E-state index in [-0.39, 0.29) is 0 Å². The van der Waals surface area contributed by atoms with Gasteiger partial charge in [0.05, 0.1) is 0 Å². The molecule has 0 amide bonds. The van der Waals surface area contributed by atoms with Crippen molar-refractivity contribution < 1.29 is 0 Å². The van der Waals surface area contributed by atoms with Crippen LogP contribution in [0.5, 0.6) is 0 Å². The van der Waals surface area contributed by atoms with Gasteiger partial charge in [-0.05, 0) is 32.9 Å². The highest BCUT2D eigenvalue weighted by atomic mass is 15.1. The Hall–Kier alpha value is -0.340. The quantitative estimate of drug-likeness (QED) is 0.639. The largest absolute Gasteiger partial charge is 0.327 e. The molecular weight excluding hydrogens is 160 g/mol. The van der Waals surface area contributed by atoms with E-state index < -0.39 is 0 Å². The lowest BCUT2D eigenvalue weighted by Crippen LogP contribution is -2.31. The van der Waals surface area contributed by atoms with Gasteiger partial charge in [0.1, 0.15) is 0 Å². The van der Waals surface area contributed by atoms with Crippen LogP contribution in [0.25, 0.3) is 0 Å². The van der Waals surface area contributed by atoms with E-state index in [1.165, 1.54) is 0 Å². The van der Waals surface area contributed by atoms with Crippen molar-refractivity contribution in [3.63, 3.8) is 0 Å². The van der Waals surface area contributed by atoms with Crippen molar-refractivity contribution in [3.8, 4) is 0 Å². The Labute approximate surface area is 82.8 Å². The van der Waals surface area contributed by atoms with Crippen LogP contribution in [0.4, 0.5) is 0 Å². The number of likely N-dealkylation sites (N-methyl/N-ethyl adjacent to an activating group) is 1. The topological polar surface area (TPSA) is 29.3 Å². The molecule has 0 aliphatic carbocycles. The predicted octanol–water partition coefficient (Wildman–Crippen LogP) is 1.87. The van der Waals surface area contributed by atoms with Crippen LogP contribution in [0, 0.1) is 5.92 Å². The van der Waals surface area contributed by atoms with Crippen LogP contribution in [-0.2, 0) is 0 Å². The highest BCUT2D eigenvalue weighted by molar-refractivity contribution is 4.80. The highest BCUT2D eigenvalue weighted by Crippen LogP contribution is 2.03. The lowest BCUT2D eigenvalue weighted by molar-refractivity contribution is 0.328. The van der Waals surface area contributed by atoms with Gasteiger partial charge in [0, 0.05) is 12.6 Å². The number of hydrogen-bond donors (Lipinski definition) is 1. The van der Waals surface area contributed by atoms with Crippen LogP contribution in [-0.4, -0.2) is 31.1 Å². The van der Waals surface area contributed by atoms with Crippen molar-refractivity contribution in [2.45, 2.75) is 33.2 Å². The van der Waals surface area contributed by atoms with Gasteiger partial charge in [-0.25, -0.2) is 0 Å². The first-order chi connectivity index (χ1) is 6.07. The molecule has 0 aromatic carbocycles. The molecule has 0 saturated carbocycles.